The lowest BCUT2D eigenvalue weighted by atomic mass is 10.1. The second kappa shape index (κ2) is 5.51. The molecule has 0 N–H and O–H groups in total. The van der Waals surface area contributed by atoms with Crippen LogP contribution in [0, 0.1) is 5.92 Å². The van der Waals surface area contributed by atoms with Gasteiger partial charge in [0.2, 0.25) is 15.0 Å². The van der Waals surface area contributed by atoms with E-state index in [0.29, 0.717) is 10.3 Å². The Morgan fingerprint density at radius 3 is 2.74 bits per heavy atom. The fourth-order valence-corrected chi connectivity index (χ4v) is 4.01. The Morgan fingerprint density at radius 2 is 2.16 bits per heavy atom. The first-order valence-electron chi connectivity index (χ1n) is 5.17. The summed E-state index contributed by atoms with van der Waals surface area (Å²) < 4.78 is 22.6. The number of aromatic nitrogens is 2. The van der Waals surface area contributed by atoms with Gasteiger partial charge >= 0.3 is 0 Å². The Morgan fingerprint density at radius 1 is 1.47 bits per heavy atom. The molecule has 1 saturated heterocycles. The van der Waals surface area contributed by atoms with Gasteiger partial charge in [0.1, 0.15) is 0 Å². The quantitative estimate of drug-likeness (QED) is 0.737. The van der Waals surface area contributed by atoms with Crippen molar-refractivity contribution < 1.29 is 13.2 Å². The summed E-state index contributed by atoms with van der Waals surface area (Å²) in [6, 6.07) is 1.52. The first-order valence-corrected chi connectivity index (χ1v) is 8.82. The summed E-state index contributed by atoms with van der Waals surface area (Å²) in [5.74, 6) is -0.485. The Labute approximate surface area is 127 Å². The molecule has 0 bridgehead atoms. The fourth-order valence-electron chi connectivity index (χ4n) is 1.90. The zero-order valence-corrected chi connectivity index (χ0v) is 13.3. The van der Waals surface area contributed by atoms with E-state index in [-0.39, 0.29) is 35.7 Å². The van der Waals surface area contributed by atoms with Crippen molar-refractivity contribution in [3.8, 4) is 0 Å². The van der Waals surface area contributed by atoms with Gasteiger partial charge in [-0.05, 0) is 22.0 Å². The molecule has 1 aromatic heterocycles. The van der Waals surface area contributed by atoms with E-state index in [4.69, 9.17) is 22.3 Å². The average Bonchev–Trinajstić information content (AvgIpc) is 2.56. The highest BCUT2D eigenvalue weighted by Crippen LogP contribution is 2.31. The van der Waals surface area contributed by atoms with Crippen LogP contribution in [0.15, 0.2) is 10.5 Å². The summed E-state index contributed by atoms with van der Waals surface area (Å²) in [6.45, 7) is 0.236. The molecule has 1 aromatic rings. The number of carbonyl (C=O) groups excluding carboxylic acids is 1. The standard InChI is InChI=1S/C9H8BrCl2N3O3S/c10-6-2-7(11)13-14-9(6)15-3-5(1-8(15)16)4-19(12,17)18/h2,5H,1,3-4H2. The van der Waals surface area contributed by atoms with Crippen molar-refractivity contribution in [2.75, 3.05) is 17.2 Å². The van der Waals surface area contributed by atoms with E-state index >= 15 is 0 Å². The first kappa shape index (κ1) is 15.0. The summed E-state index contributed by atoms with van der Waals surface area (Å²) in [6.07, 6.45) is 0.114. The number of carbonyl (C=O) groups is 1. The molecule has 19 heavy (non-hydrogen) atoms. The Balaban J connectivity index is 2.20. The van der Waals surface area contributed by atoms with Gasteiger partial charge in [-0.2, -0.15) is 0 Å². The van der Waals surface area contributed by atoms with E-state index in [2.05, 4.69) is 26.1 Å². The van der Waals surface area contributed by atoms with Crippen molar-refractivity contribution >= 4 is 59.0 Å². The van der Waals surface area contributed by atoms with Gasteiger partial charge in [-0.3, -0.25) is 9.69 Å². The molecule has 1 aliphatic rings. The van der Waals surface area contributed by atoms with Crippen LogP contribution in [-0.2, 0) is 13.8 Å². The van der Waals surface area contributed by atoms with E-state index in [1.165, 1.54) is 11.0 Å². The lowest BCUT2D eigenvalue weighted by molar-refractivity contribution is -0.117. The third-order valence-corrected chi connectivity index (χ3v) is 4.61. The highest BCUT2D eigenvalue weighted by atomic mass is 79.9. The Hall–Kier alpha value is -0.440. The fraction of sp³-hybridized carbons (Fsp3) is 0.444. The average molecular weight is 389 g/mol. The van der Waals surface area contributed by atoms with Gasteiger partial charge in [-0.1, -0.05) is 11.6 Å². The largest absolute Gasteiger partial charge is 0.294 e. The Kier molecular flexibility index (Phi) is 4.34. The molecule has 1 unspecified atom stereocenters. The topological polar surface area (TPSA) is 80.2 Å². The van der Waals surface area contributed by atoms with E-state index in [1.54, 1.807) is 0 Å². The molecule has 1 amide bonds. The van der Waals surface area contributed by atoms with Gasteiger partial charge < -0.3 is 0 Å². The van der Waals surface area contributed by atoms with E-state index in [9.17, 15) is 13.2 Å². The van der Waals surface area contributed by atoms with Crippen LogP contribution in [-0.4, -0.2) is 36.8 Å². The van der Waals surface area contributed by atoms with Crippen molar-refractivity contribution in [3.05, 3.63) is 15.7 Å². The smallest absolute Gasteiger partial charge is 0.232 e. The summed E-state index contributed by atoms with van der Waals surface area (Å²) in [7, 11) is 1.57. The summed E-state index contributed by atoms with van der Waals surface area (Å²) in [5.41, 5.74) is 0. The van der Waals surface area contributed by atoms with Crippen molar-refractivity contribution in [1.82, 2.24) is 10.2 Å². The van der Waals surface area contributed by atoms with Crippen LogP contribution in [0.25, 0.3) is 0 Å². The lowest BCUT2D eigenvalue weighted by Crippen LogP contribution is -2.27. The van der Waals surface area contributed by atoms with Crippen molar-refractivity contribution in [2.24, 2.45) is 5.92 Å². The van der Waals surface area contributed by atoms with Crippen LogP contribution in [0.2, 0.25) is 5.15 Å². The molecule has 1 aliphatic heterocycles. The first-order chi connectivity index (χ1) is 8.76. The highest BCUT2D eigenvalue weighted by molar-refractivity contribution is 9.10. The van der Waals surface area contributed by atoms with Crippen LogP contribution >= 0.6 is 38.2 Å². The number of anilines is 1. The third-order valence-electron chi connectivity index (χ3n) is 2.60. The molecule has 0 saturated carbocycles. The van der Waals surface area contributed by atoms with Crippen LogP contribution in [0.1, 0.15) is 6.42 Å². The molecule has 0 radical (unpaired) electrons. The second-order valence-electron chi connectivity index (χ2n) is 4.12. The molecule has 2 heterocycles. The highest BCUT2D eigenvalue weighted by Gasteiger charge is 2.34. The number of amides is 1. The van der Waals surface area contributed by atoms with Gasteiger partial charge in [0.15, 0.2) is 11.0 Å². The van der Waals surface area contributed by atoms with Crippen LogP contribution in [0.4, 0.5) is 5.82 Å². The molecule has 0 aliphatic carbocycles. The zero-order chi connectivity index (χ0) is 14.2. The van der Waals surface area contributed by atoms with Crippen LogP contribution in [0.3, 0.4) is 0 Å². The van der Waals surface area contributed by atoms with Gasteiger partial charge in [0.05, 0.1) is 10.2 Å². The van der Waals surface area contributed by atoms with Gasteiger partial charge in [-0.25, -0.2) is 8.42 Å². The predicted octanol–water partition coefficient (Wildman–Crippen LogP) is 1.81. The normalized spacial score (nSPS) is 20.1. The van der Waals surface area contributed by atoms with Crippen molar-refractivity contribution in [1.29, 1.82) is 0 Å². The molecule has 1 fully saturated rings. The molecular formula is C9H8BrCl2N3O3S. The van der Waals surface area contributed by atoms with Gasteiger partial charge in [0.25, 0.3) is 0 Å². The molecule has 104 valence electrons. The third kappa shape index (κ3) is 3.77. The number of hydrogen-bond donors (Lipinski definition) is 0. The zero-order valence-electron chi connectivity index (χ0n) is 9.38. The monoisotopic (exact) mass is 387 g/mol. The lowest BCUT2D eigenvalue weighted by Gasteiger charge is -2.16. The minimum absolute atomic E-state index is 0.114. The molecule has 6 nitrogen and oxygen atoms in total. The molecule has 0 spiro atoms. The molecule has 0 aromatic carbocycles. The summed E-state index contributed by atoms with van der Waals surface area (Å²) in [4.78, 5) is 13.2. The second-order valence-corrected chi connectivity index (χ2v) is 8.18. The van der Waals surface area contributed by atoms with Crippen molar-refractivity contribution in [2.45, 2.75) is 6.42 Å². The minimum Gasteiger partial charge on any atom is -0.294 e. The summed E-state index contributed by atoms with van der Waals surface area (Å²) >= 11 is 8.91. The molecule has 1 atom stereocenters. The Bertz CT molecular complexity index is 625. The minimum atomic E-state index is -3.63. The van der Waals surface area contributed by atoms with E-state index < -0.39 is 9.05 Å². The van der Waals surface area contributed by atoms with Crippen LogP contribution < -0.4 is 4.90 Å². The number of hydrogen-bond acceptors (Lipinski definition) is 5. The van der Waals surface area contributed by atoms with Crippen molar-refractivity contribution in [3.63, 3.8) is 0 Å². The van der Waals surface area contributed by atoms with Crippen LogP contribution in [0.5, 0.6) is 0 Å². The molecule has 10 heteroatoms. The molecule has 2 rings (SSSR count). The van der Waals surface area contributed by atoms with Gasteiger partial charge in [-0.15, -0.1) is 10.2 Å². The van der Waals surface area contributed by atoms with E-state index in [0.717, 1.165) is 0 Å². The summed E-state index contributed by atoms with van der Waals surface area (Å²) in [5, 5.41) is 7.70. The number of rotatable bonds is 3. The van der Waals surface area contributed by atoms with E-state index in [1.807, 2.05) is 0 Å². The maximum absolute atomic E-state index is 11.9. The maximum atomic E-state index is 11.9. The number of nitrogens with zero attached hydrogens (tertiary/aromatic N) is 3. The van der Waals surface area contributed by atoms with Gasteiger partial charge in [0, 0.05) is 29.6 Å². The molecular weight excluding hydrogens is 381 g/mol. The predicted molar refractivity (Wildman–Crippen MR) is 74.8 cm³/mol. The number of halogens is 3. The maximum Gasteiger partial charge on any atom is 0.232 e. The SMILES string of the molecule is O=C1CC(CS(=O)(=O)Cl)CN1c1nnc(Cl)cc1Br.